The van der Waals surface area contributed by atoms with E-state index in [0.717, 1.165) is 16.3 Å². The molecule has 0 spiro atoms. The normalized spacial score (nSPS) is 18.0. The number of benzene rings is 1. The molecule has 3 heteroatoms. The minimum atomic E-state index is 0.375. The molecule has 1 aromatic rings. The number of halogens is 1. The predicted octanol–water partition coefficient (Wildman–Crippen LogP) is 3.89. The minimum Gasteiger partial charge on any atom is -0.496 e. The molecule has 0 bridgehead atoms. The number of hydrogen-bond acceptors (Lipinski definition) is 2. The van der Waals surface area contributed by atoms with Crippen LogP contribution in [0, 0.1) is 12.8 Å². The van der Waals surface area contributed by atoms with Gasteiger partial charge in [0.2, 0.25) is 0 Å². The third-order valence-electron chi connectivity index (χ3n) is 4.09. The maximum absolute atomic E-state index is 6.19. The van der Waals surface area contributed by atoms with E-state index in [-0.39, 0.29) is 0 Å². The Morgan fingerprint density at radius 1 is 1.39 bits per heavy atom. The lowest BCUT2D eigenvalue weighted by Crippen LogP contribution is -2.20. The molecule has 1 aliphatic carbocycles. The van der Waals surface area contributed by atoms with Crippen molar-refractivity contribution in [2.45, 2.75) is 38.5 Å². The van der Waals surface area contributed by atoms with E-state index < -0.39 is 0 Å². The van der Waals surface area contributed by atoms with Crippen molar-refractivity contribution >= 4 is 11.6 Å². The molecule has 1 unspecified atom stereocenters. The van der Waals surface area contributed by atoms with Gasteiger partial charge < -0.3 is 10.5 Å². The first-order chi connectivity index (χ1) is 8.67. The standard InChI is InChI=1S/C15H22ClNO/c1-10-7-12(16)8-13(15(10)18-2)14(9-17)11-5-3-4-6-11/h7-8,11,14H,3-6,9,17H2,1-2H3. The van der Waals surface area contributed by atoms with Gasteiger partial charge in [-0.1, -0.05) is 24.4 Å². The average Bonchev–Trinajstić information content (AvgIpc) is 2.83. The van der Waals surface area contributed by atoms with E-state index in [1.807, 2.05) is 19.1 Å². The summed E-state index contributed by atoms with van der Waals surface area (Å²) >= 11 is 6.19. The van der Waals surface area contributed by atoms with E-state index in [2.05, 4.69) is 0 Å². The predicted molar refractivity (Wildman–Crippen MR) is 76.5 cm³/mol. The lowest BCUT2D eigenvalue weighted by molar-refractivity contribution is 0.381. The molecule has 0 radical (unpaired) electrons. The van der Waals surface area contributed by atoms with Gasteiger partial charge in [-0.15, -0.1) is 0 Å². The summed E-state index contributed by atoms with van der Waals surface area (Å²) in [6.45, 7) is 2.71. The summed E-state index contributed by atoms with van der Waals surface area (Å²) in [6.07, 6.45) is 5.19. The van der Waals surface area contributed by atoms with Crippen LogP contribution in [0.15, 0.2) is 12.1 Å². The Bertz CT molecular complexity index is 413. The van der Waals surface area contributed by atoms with Crippen molar-refractivity contribution in [3.63, 3.8) is 0 Å². The van der Waals surface area contributed by atoms with Crippen LogP contribution in [0.2, 0.25) is 5.02 Å². The van der Waals surface area contributed by atoms with Crippen LogP contribution in [0.25, 0.3) is 0 Å². The van der Waals surface area contributed by atoms with E-state index in [0.29, 0.717) is 18.4 Å². The zero-order valence-corrected chi connectivity index (χ0v) is 12.0. The summed E-state index contributed by atoms with van der Waals surface area (Å²) in [4.78, 5) is 0. The molecule has 1 fully saturated rings. The smallest absolute Gasteiger partial charge is 0.125 e. The lowest BCUT2D eigenvalue weighted by Gasteiger charge is -2.25. The molecule has 1 aromatic carbocycles. The zero-order valence-electron chi connectivity index (χ0n) is 11.2. The number of nitrogens with two attached hydrogens (primary N) is 1. The maximum Gasteiger partial charge on any atom is 0.125 e. The number of aryl methyl sites for hydroxylation is 1. The van der Waals surface area contributed by atoms with Crippen LogP contribution < -0.4 is 10.5 Å². The quantitative estimate of drug-likeness (QED) is 0.898. The van der Waals surface area contributed by atoms with Crippen LogP contribution in [0.5, 0.6) is 5.75 Å². The van der Waals surface area contributed by atoms with E-state index in [1.54, 1.807) is 7.11 Å². The van der Waals surface area contributed by atoms with Gasteiger partial charge in [0.05, 0.1) is 7.11 Å². The van der Waals surface area contributed by atoms with Crippen LogP contribution in [-0.2, 0) is 0 Å². The van der Waals surface area contributed by atoms with Gasteiger partial charge >= 0.3 is 0 Å². The van der Waals surface area contributed by atoms with Crippen molar-refractivity contribution in [3.05, 3.63) is 28.3 Å². The third kappa shape index (κ3) is 2.65. The van der Waals surface area contributed by atoms with Crippen LogP contribution in [0.3, 0.4) is 0 Å². The SMILES string of the molecule is COc1c(C)cc(Cl)cc1C(CN)C1CCCC1. The van der Waals surface area contributed by atoms with Crippen molar-refractivity contribution in [1.29, 1.82) is 0 Å². The topological polar surface area (TPSA) is 35.2 Å². The molecule has 1 saturated carbocycles. The third-order valence-corrected chi connectivity index (χ3v) is 4.31. The average molecular weight is 268 g/mol. The molecule has 2 rings (SSSR count). The van der Waals surface area contributed by atoms with Crippen LogP contribution in [-0.4, -0.2) is 13.7 Å². The summed E-state index contributed by atoms with van der Waals surface area (Å²) in [5.74, 6) is 2.02. The van der Waals surface area contributed by atoms with E-state index in [4.69, 9.17) is 22.1 Å². The van der Waals surface area contributed by atoms with Gasteiger partial charge in [-0.25, -0.2) is 0 Å². The van der Waals surface area contributed by atoms with Gasteiger partial charge in [0.1, 0.15) is 5.75 Å². The van der Waals surface area contributed by atoms with E-state index in [1.165, 1.54) is 31.2 Å². The van der Waals surface area contributed by atoms with Crippen molar-refractivity contribution < 1.29 is 4.74 Å². The molecule has 0 saturated heterocycles. The molecule has 18 heavy (non-hydrogen) atoms. The van der Waals surface area contributed by atoms with Gasteiger partial charge in [-0.2, -0.15) is 0 Å². The number of rotatable bonds is 4. The molecule has 1 atom stereocenters. The highest BCUT2D eigenvalue weighted by Crippen LogP contribution is 2.42. The zero-order chi connectivity index (χ0) is 13.1. The molecule has 1 aliphatic rings. The number of ether oxygens (including phenoxy) is 1. The fraction of sp³-hybridized carbons (Fsp3) is 0.600. The first-order valence-corrected chi connectivity index (χ1v) is 7.09. The molecule has 0 heterocycles. The van der Waals surface area contributed by atoms with Crippen LogP contribution in [0.4, 0.5) is 0 Å². The van der Waals surface area contributed by atoms with E-state index in [9.17, 15) is 0 Å². The van der Waals surface area contributed by atoms with Gasteiger partial charge in [0.25, 0.3) is 0 Å². The Morgan fingerprint density at radius 2 is 2.06 bits per heavy atom. The molecule has 2 N–H and O–H groups in total. The summed E-state index contributed by atoms with van der Waals surface area (Å²) in [5, 5.41) is 0.778. The second kappa shape index (κ2) is 5.94. The van der Waals surface area contributed by atoms with Crippen molar-refractivity contribution in [3.8, 4) is 5.75 Å². The molecular weight excluding hydrogens is 246 g/mol. The second-order valence-corrected chi connectivity index (χ2v) is 5.67. The van der Waals surface area contributed by atoms with Gasteiger partial charge in [0.15, 0.2) is 0 Å². The Hall–Kier alpha value is -0.730. The second-order valence-electron chi connectivity index (χ2n) is 5.23. The fourth-order valence-electron chi connectivity index (χ4n) is 3.24. The maximum atomic E-state index is 6.19. The Balaban J connectivity index is 2.39. The Labute approximate surface area is 114 Å². The monoisotopic (exact) mass is 267 g/mol. The molecule has 2 nitrogen and oxygen atoms in total. The fourth-order valence-corrected chi connectivity index (χ4v) is 3.52. The summed E-state index contributed by atoms with van der Waals surface area (Å²) in [5.41, 5.74) is 8.30. The number of methoxy groups -OCH3 is 1. The van der Waals surface area contributed by atoms with E-state index >= 15 is 0 Å². The summed E-state index contributed by atoms with van der Waals surface area (Å²) in [7, 11) is 1.72. The summed E-state index contributed by atoms with van der Waals surface area (Å²) in [6, 6.07) is 3.98. The molecule has 0 aromatic heterocycles. The van der Waals surface area contributed by atoms with Gasteiger partial charge in [-0.05, 0) is 49.9 Å². The Kier molecular flexibility index (Phi) is 4.52. The highest BCUT2D eigenvalue weighted by atomic mass is 35.5. The van der Waals surface area contributed by atoms with Crippen LogP contribution >= 0.6 is 11.6 Å². The van der Waals surface area contributed by atoms with Gasteiger partial charge in [-0.3, -0.25) is 0 Å². The summed E-state index contributed by atoms with van der Waals surface area (Å²) < 4.78 is 5.56. The minimum absolute atomic E-state index is 0.375. The molecule has 0 amide bonds. The molecule has 0 aliphatic heterocycles. The highest BCUT2D eigenvalue weighted by Gasteiger charge is 2.28. The molecule has 100 valence electrons. The number of hydrogen-bond donors (Lipinski definition) is 1. The highest BCUT2D eigenvalue weighted by molar-refractivity contribution is 6.30. The van der Waals surface area contributed by atoms with Gasteiger partial charge in [0, 0.05) is 16.5 Å². The molecular formula is C15H22ClNO. The first kappa shape index (κ1) is 13.7. The Morgan fingerprint density at radius 3 is 2.61 bits per heavy atom. The van der Waals surface area contributed by atoms with Crippen molar-refractivity contribution in [2.24, 2.45) is 11.7 Å². The largest absolute Gasteiger partial charge is 0.496 e. The van der Waals surface area contributed by atoms with Crippen LogP contribution in [0.1, 0.15) is 42.7 Å². The van der Waals surface area contributed by atoms with Crippen molar-refractivity contribution in [2.75, 3.05) is 13.7 Å². The lowest BCUT2D eigenvalue weighted by atomic mass is 9.83. The first-order valence-electron chi connectivity index (χ1n) is 6.71. The van der Waals surface area contributed by atoms with Crippen molar-refractivity contribution in [1.82, 2.24) is 0 Å².